The Morgan fingerprint density at radius 2 is 1.89 bits per heavy atom. The maximum absolute atomic E-state index is 12.0. The second kappa shape index (κ2) is 8.95. The van der Waals surface area contributed by atoms with Crippen molar-refractivity contribution in [1.29, 1.82) is 0 Å². The zero-order chi connectivity index (χ0) is 13.2. The molecule has 0 aliphatic carbocycles. The number of unbranched alkanes of at least 4 members (excludes halogenated alkanes) is 2. The van der Waals surface area contributed by atoms with Gasteiger partial charge in [-0.05, 0) is 19.3 Å². The normalized spacial score (nSPS) is 22.8. The summed E-state index contributed by atoms with van der Waals surface area (Å²) in [6.45, 7) is 2.87. The summed E-state index contributed by atoms with van der Waals surface area (Å²) in [6.07, 6.45) is 8.65. The fraction of sp³-hybridized carbons (Fsp3) is 0.857. The summed E-state index contributed by atoms with van der Waals surface area (Å²) >= 11 is 0. The van der Waals surface area contributed by atoms with Gasteiger partial charge in [-0.1, -0.05) is 39.0 Å². The van der Waals surface area contributed by atoms with E-state index < -0.39 is 0 Å². The first-order valence-corrected chi connectivity index (χ1v) is 7.31. The second-order valence-corrected chi connectivity index (χ2v) is 5.07. The highest BCUT2D eigenvalue weighted by Crippen LogP contribution is 2.08. The van der Waals surface area contributed by atoms with Gasteiger partial charge in [0.25, 0.3) is 0 Å². The number of hydrogen-bond donors (Lipinski definition) is 2. The molecule has 0 spiro atoms. The smallest absolute Gasteiger partial charge is 0.242 e. The van der Waals surface area contributed by atoms with Gasteiger partial charge in [-0.15, -0.1) is 0 Å². The molecule has 0 bridgehead atoms. The molecule has 1 rings (SSSR count). The molecule has 2 amide bonds. The first-order chi connectivity index (χ1) is 8.74. The molecule has 0 unspecified atom stereocenters. The van der Waals surface area contributed by atoms with Crippen molar-refractivity contribution in [2.24, 2.45) is 0 Å². The van der Waals surface area contributed by atoms with Crippen LogP contribution < -0.4 is 10.6 Å². The molecular weight excluding hydrogens is 228 g/mol. The number of amides is 2. The van der Waals surface area contributed by atoms with Gasteiger partial charge in [0, 0.05) is 13.0 Å². The molecule has 104 valence electrons. The van der Waals surface area contributed by atoms with Crippen LogP contribution in [0.1, 0.15) is 64.7 Å². The van der Waals surface area contributed by atoms with Gasteiger partial charge in [-0.2, -0.15) is 0 Å². The predicted octanol–water partition coefficient (Wildman–Crippen LogP) is 2.13. The van der Waals surface area contributed by atoms with Crippen LogP contribution in [-0.4, -0.2) is 24.4 Å². The van der Waals surface area contributed by atoms with E-state index >= 15 is 0 Å². The average Bonchev–Trinajstić information content (AvgIpc) is 2.38. The lowest BCUT2D eigenvalue weighted by molar-refractivity contribution is -0.129. The highest BCUT2D eigenvalue weighted by Gasteiger charge is 2.20. The van der Waals surface area contributed by atoms with Crippen molar-refractivity contribution in [3.63, 3.8) is 0 Å². The van der Waals surface area contributed by atoms with Crippen LogP contribution >= 0.6 is 0 Å². The minimum Gasteiger partial charge on any atom is -0.354 e. The third-order valence-corrected chi connectivity index (χ3v) is 3.38. The van der Waals surface area contributed by atoms with Crippen LogP contribution in [0.3, 0.4) is 0 Å². The molecule has 0 aromatic heterocycles. The molecule has 18 heavy (non-hydrogen) atoms. The largest absolute Gasteiger partial charge is 0.354 e. The number of rotatable bonds is 4. The Kier molecular flexibility index (Phi) is 7.46. The molecule has 1 saturated heterocycles. The second-order valence-electron chi connectivity index (χ2n) is 5.07. The van der Waals surface area contributed by atoms with Crippen LogP contribution in [-0.2, 0) is 9.59 Å². The van der Waals surface area contributed by atoms with Crippen LogP contribution in [0.4, 0.5) is 0 Å². The fourth-order valence-corrected chi connectivity index (χ4v) is 2.23. The topological polar surface area (TPSA) is 58.2 Å². The van der Waals surface area contributed by atoms with Crippen LogP contribution in [0.25, 0.3) is 0 Å². The highest BCUT2D eigenvalue weighted by molar-refractivity contribution is 5.87. The number of carbonyl (C=O) groups excluding carboxylic acids is 2. The molecule has 0 aromatic carbocycles. The third kappa shape index (κ3) is 6.03. The minimum absolute atomic E-state index is 0.0126. The van der Waals surface area contributed by atoms with Crippen LogP contribution in [0.15, 0.2) is 0 Å². The van der Waals surface area contributed by atoms with Gasteiger partial charge < -0.3 is 10.6 Å². The molecule has 1 heterocycles. The summed E-state index contributed by atoms with van der Waals surface area (Å²) in [6, 6.07) is -0.331. The van der Waals surface area contributed by atoms with E-state index in [-0.39, 0.29) is 17.9 Å². The van der Waals surface area contributed by atoms with Gasteiger partial charge in [-0.25, -0.2) is 0 Å². The zero-order valence-corrected chi connectivity index (χ0v) is 11.5. The maximum atomic E-state index is 12.0. The van der Waals surface area contributed by atoms with E-state index in [1.807, 2.05) is 0 Å². The van der Waals surface area contributed by atoms with Gasteiger partial charge in [0.1, 0.15) is 6.04 Å². The van der Waals surface area contributed by atoms with Crippen molar-refractivity contribution in [1.82, 2.24) is 10.6 Å². The zero-order valence-electron chi connectivity index (χ0n) is 11.5. The van der Waals surface area contributed by atoms with Gasteiger partial charge >= 0.3 is 0 Å². The quantitative estimate of drug-likeness (QED) is 0.755. The molecule has 2 N–H and O–H groups in total. The lowest BCUT2D eigenvalue weighted by Gasteiger charge is -2.17. The van der Waals surface area contributed by atoms with Crippen LogP contribution in [0, 0.1) is 0 Å². The summed E-state index contributed by atoms with van der Waals surface area (Å²) in [5, 5.41) is 5.80. The Labute approximate surface area is 110 Å². The first-order valence-electron chi connectivity index (χ1n) is 7.31. The molecule has 1 aliphatic rings. The van der Waals surface area contributed by atoms with Crippen molar-refractivity contribution in [3.05, 3.63) is 0 Å². The lowest BCUT2D eigenvalue weighted by Crippen LogP contribution is -2.46. The number of nitrogens with one attached hydrogen (secondary N) is 2. The van der Waals surface area contributed by atoms with Gasteiger partial charge in [0.15, 0.2) is 0 Å². The van der Waals surface area contributed by atoms with Crippen molar-refractivity contribution in [3.8, 4) is 0 Å². The Morgan fingerprint density at radius 3 is 2.67 bits per heavy atom. The number of carbonyl (C=O) groups is 2. The standard InChI is InChI=1S/C14H26N2O2/c1-2-3-6-9-12-14(18)15-11-8-5-4-7-10-13(17)16-12/h12H,2-11H2,1H3,(H,15,18)(H,16,17)/t12-/m0/s1. The fourth-order valence-electron chi connectivity index (χ4n) is 2.23. The van der Waals surface area contributed by atoms with Crippen molar-refractivity contribution in [2.75, 3.05) is 6.54 Å². The molecule has 1 aliphatic heterocycles. The minimum atomic E-state index is -0.331. The Bertz CT molecular complexity index is 267. The molecule has 0 radical (unpaired) electrons. The van der Waals surface area contributed by atoms with E-state index in [0.717, 1.165) is 57.9 Å². The monoisotopic (exact) mass is 254 g/mol. The Balaban J connectivity index is 2.49. The number of hydrogen-bond acceptors (Lipinski definition) is 2. The molecule has 1 fully saturated rings. The molecular formula is C14H26N2O2. The van der Waals surface area contributed by atoms with E-state index in [9.17, 15) is 9.59 Å². The van der Waals surface area contributed by atoms with E-state index in [2.05, 4.69) is 17.6 Å². The summed E-state index contributed by atoms with van der Waals surface area (Å²) in [7, 11) is 0. The third-order valence-electron chi connectivity index (χ3n) is 3.38. The Hall–Kier alpha value is -1.06. The van der Waals surface area contributed by atoms with Crippen molar-refractivity contribution in [2.45, 2.75) is 70.8 Å². The van der Waals surface area contributed by atoms with E-state index in [1.165, 1.54) is 0 Å². The van der Waals surface area contributed by atoms with E-state index in [1.54, 1.807) is 0 Å². The molecule has 4 heteroatoms. The summed E-state index contributed by atoms with van der Waals surface area (Å²) in [5.74, 6) is 0.00917. The SMILES string of the molecule is CCCCC[C@@H]1NC(=O)CCCCCCNC1=O. The van der Waals surface area contributed by atoms with Crippen molar-refractivity contribution >= 4 is 11.8 Å². The highest BCUT2D eigenvalue weighted by atomic mass is 16.2. The average molecular weight is 254 g/mol. The summed E-state index contributed by atoms with van der Waals surface area (Å²) in [4.78, 5) is 23.7. The Morgan fingerprint density at radius 1 is 1.11 bits per heavy atom. The summed E-state index contributed by atoms with van der Waals surface area (Å²) < 4.78 is 0. The molecule has 4 nitrogen and oxygen atoms in total. The van der Waals surface area contributed by atoms with E-state index in [4.69, 9.17) is 0 Å². The van der Waals surface area contributed by atoms with Gasteiger partial charge in [-0.3, -0.25) is 9.59 Å². The molecule has 1 atom stereocenters. The lowest BCUT2D eigenvalue weighted by atomic mass is 10.1. The molecule has 0 aromatic rings. The molecule has 0 saturated carbocycles. The first kappa shape index (κ1) is 15.0. The maximum Gasteiger partial charge on any atom is 0.242 e. The van der Waals surface area contributed by atoms with Crippen LogP contribution in [0.5, 0.6) is 0 Å². The van der Waals surface area contributed by atoms with Crippen molar-refractivity contribution < 1.29 is 9.59 Å². The van der Waals surface area contributed by atoms with Gasteiger partial charge in [0.2, 0.25) is 11.8 Å². The predicted molar refractivity (Wildman–Crippen MR) is 72.2 cm³/mol. The van der Waals surface area contributed by atoms with Crippen LogP contribution in [0.2, 0.25) is 0 Å². The van der Waals surface area contributed by atoms with Gasteiger partial charge in [0.05, 0.1) is 0 Å². The van der Waals surface area contributed by atoms with E-state index in [0.29, 0.717) is 6.42 Å². The summed E-state index contributed by atoms with van der Waals surface area (Å²) in [5.41, 5.74) is 0.